The molecule has 0 aliphatic rings. The molecule has 5 nitrogen and oxygen atoms in total. The lowest BCUT2D eigenvalue weighted by atomic mass is 10.2. The second-order valence-electron chi connectivity index (χ2n) is 2.61. The highest BCUT2D eigenvalue weighted by molar-refractivity contribution is 7.76. The summed E-state index contributed by atoms with van der Waals surface area (Å²) in [5.41, 5.74) is 2.50. The zero-order valence-electron chi connectivity index (χ0n) is 8.40. The fourth-order valence-corrected chi connectivity index (χ4v) is 0.884. The third kappa shape index (κ3) is 4.90. The summed E-state index contributed by atoms with van der Waals surface area (Å²) in [6.07, 6.45) is 1.81. The molecule has 0 bridgehead atoms. The summed E-state index contributed by atoms with van der Waals surface area (Å²) in [5, 5.41) is 7.05. The summed E-state index contributed by atoms with van der Waals surface area (Å²) in [4.78, 5) is 4.15. The average Bonchev–Trinajstić information content (AvgIpc) is 2.09. The molecule has 0 radical (unpaired) electrons. The summed E-state index contributed by atoms with van der Waals surface area (Å²) in [6.45, 7) is 4.14. The normalized spacial score (nSPS) is 11.2. The first-order valence-corrected chi connectivity index (χ1v) is 5.06. The van der Waals surface area contributed by atoms with E-state index in [4.69, 9.17) is 8.76 Å². The van der Waals surface area contributed by atoms with Crippen LogP contribution < -0.4 is 10.5 Å². The third-order valence-corrected chi connectivity index (χ3v) is 1.71. The zero-order valence-corrected chi connectivity index (χ0v) is 9.22. The summed E-state index contributed by atoms with van der Waals surface area (Å²) >= 11 is -2.36. The van der Waals surface area contributed by atoms with E-state index in [0.717, 1.165) is 5.82 Å². The van der Waals surface area contributed by atoms with E-state index in [-0.39, 0.29) is 0 Å². The number of anilines is 1. The molecule has 0 amide bonds. The Hall–Kier alpha value is -0.980. The van der Waals surface area contributed by atoms with Gasteiger partial charge < -0.3 is 9.87 Å². The van der Waals surface area contributed by atoms with Gasteiger partial charge in [0.2, 0.25) is 0 Å². The minimum atomic E-state index is -2.36. The Kier molecular flexibility index (Phi) is 6.02. The van der Waals surface area contributed by atoms with Crippen molar-refractivity contribution < 1.29 is 8.76 Å². The lowest BCUT2D eigenvalue weighted by Gasteiger charge is -2.04. The number of pyridine rings is 1. The van der Waals surface area contributed by atoms with E-state index in [9.17, 15) is 0 Å². The molecule has 0 aliphatic carbocycles. The van der Waals surface area contributed by atoms with Crippen molar-refractivity contribution in [1.82, 2.24) is 4.98 Å². The Labute approximate surface area is 86.2 Å². The van der Waals surface area contributed by atoms with Crippen molar-refractivity contribution in [3.63, 3.8) is 0 Å². The topological polar surface area (TPSA) is 91.1 Å². The number of hydrogen-bond donors (Lipinski definition) is 2. The molecule has 1 aromatic heterocycles. The van der Waals surface area contributed by atoms with Crippen LogP contribution in [-0.2, 0) is 11.3 Å². The van der Waals surface area contributed by atoms with Crippen LogP contribution in [0.3, 0.4) is 0 Å². The first-order chi connectivity index (χ1) is 6.49. The fourth-order valence-electron chi connectivity index (χ4n) is 0.884. The number of nitrogens with zero attached hydrogens (tertiary/aromatic N) is 1. The van der Waals surface area contributed by atoms with Crippen molar-refractivity contribution in [2.24, 2.45) is 5.14 Å². The van der Waals surface area contributed by atoms with Gasteiger partial charge in [0.15, 0.2) is 0 Å². The van der Waals surface area contributed by atoms with Crippen LogP contribution in [0.15, 0.2) is 12.3 Å². The van der Waals surface area contributed by atoms with Gasteiger partial charge in [-0.3, -0.25) is 9.35 Å². The molecule has 0 aromatic carbocycles. The van der Waals surface area contributed by atoms with E-state index >= 15 is 0 Å². The van der Waals surface area contributed by atoms with E-state index in [2.05, 4.69) is 29.3 Å². The minimum Gasteiger partial charge on any atom is -0.760 e. The molecule has 0 saturated heterocycles. The highest BCUT2D eigenvalue weighted by Gasteiger charge is 1.97. The van der Waals surface area contributed by atoms with Gasteiger partial charge in [-0.1, -0.05) is 0 Å². The van der Waals surface area contributed by atoms with Crippen molar-refractivity contribution in [2.45, 2.75) is 13.8 Å². The molecule has 1 unspecified atom stereocenters. The van der Waals surface area contributed by atoms with Crippen LogP contribution >= 0.6 is 0 Å². The average molecular weight is 216 g/mol. The van der Waals surface area contributed by atoms with Gasteiger partial charge in [0.1, 0.15) is 5.82 Å². The molecule has 6 heteroatoms. The Balaban J connectivity index is 0.000000364. The van der Waals surface area contributed by atoms with Crippen molar-refractivity contribution in [3.8, 4) is 0 Å². The molecular weight excluding hydrogens is 202 g/mol. The van der Waals surface area contributed by atoms with Crippen LogP contribution in [0.4, 0.5) is 5.82 Å². The molecule has 1 aromatic rings. The van der Waals surface area contributed by atoms with E-state index < -0.39 is 11.3 Å². The summed E-state index contributed by atoms with van der Waals surface area (Å²) < 4.78 is 17.6. The SMILES string of the molecule is CNc1nccc(C)c1C.NS(=O)[O-]. The fraction of sp³-hybridized carbons (Fsp3) is 0.375. The molecule has 80 valence electrons. The van der Waals surface area contributed by atoms with Crippen LogP contribution in [0, 0.1) is 13.8 Å². The smallest absolute Gasteiger partial charge is 0.128 e. The maximum atomic E-state index is 8.78. The number of nitrogens with two attached hydrogens (primary N) is 1. The number of hydrogen-bond acceptors (Lipinski definition) is 4. The van der Waals surface area contributed by atoms with E-state index in [1.54, 1.807) is 0 Å². The van der Waals surface area contributed by atoms with Crippen LogP contribution in [0.25, 0.3) is 0 Å². The first-order valence-electron chi connectivity index (χ1n) is 3.92. The quantitative estimate of drug-likeness (QED) is 0.668. The Bertz CT molecular complexity index is 313. The van der Waals surface area contributed by atoms with Crippen LogP contribution in [0.2, 0.25) is 0 Å². The zero-order chi connectivity index (χ0) is 11.1. The first kappa shape index (κ1) is 13.0. The van der Waals surface area contributed by atoms with Crippen LogP contribution in [-0.4, -0.2) is 20.8 Å². The molecule has 14 heavy (non-hydrogen) atoms. The molecule has 1 rings (SSSR count). The predicted octanol–water partition coefficient (Wildman–Crippen LogP) is 0.479. The van der Waals surface area contributed by atoms with Crippen molar-refractivity contribution in [3.05, 3.63) is 23.4 Å². The van der Waals surface area contributed by atoms with Gasteiger partial charge >= 0.3 is 0 Å². The standard InChI is InChI=1S/C8H12N2.H3NO2S/c1-6-4-5-10-8(9-3)7(6)2;1-4(2)3/h4-5H,1-3H3,(H,9,10);1H2,(H,2,3)/p-1. The van der Waals surface area contributed by atoms with Gasteiger partial charge in [-0.2, -0.15) is 0 Å². The van der Waals surface area contributed by atoms with Crippen LogP contribution in [0.5, 0.6) is 0 Å². The molecule has 3 N–H and O–H groups in total. The third-order valence-electron chi connectivity index (χ3n) is 1.71. The van der Waals surface area contributed by atoms with Gasteiger partial charge in [-0.15, -0.1) is 0 Å². The maximum Gasteiger partial charge on any atom is 0.128 e. The molecular formula is C8H14N3O2S-. The predicted molar refractivity (Wildman–Crippen MR) is 56.4 cm³/mol. The number of aryl methyl sites for hydroxylation is 1. The van der Waals surface area contributed by atoms with Crippen molar-refractivity contribution in [1.29, 1.82) is 0 Å². The highest BCUT2D eigenvalue weighted by Crippen LogP contribution is 2.12. The number of aromatic nitrogens is 1. The second-order valence-corrected chi connectivity index (χ2v) is 3.13. The molecule has 0 aliphatic heterocycles. The van der Waals surface area contributed by atoms with Crippen molar-refractivity contribution >= 4 is 17.1 Å². The Morgan fingerprint density at radius 2 is 2.07 bits per heavy atom. The van der Waals surface area contributed by atoms with Crippen LogP contribution in [0.1, 0.15) is 11.1 Å². The van der Waals surface area contributed by atoms with E-state index in [0.29, 0.717) is 0 Å². The Morgan fingerprint density at radius 3 is 2.43 bits per heavy atom. The molecule has 0 fully saturated rings. The minimum absolute atomic E-state index is 0.972. The molecule has 1 atom stereocenters. The second kappa shape index (κ2) is 6.47. The van der Waals surface area contributed by atoms with Gasteiger partial charge in [-0.25, -0.2) is 4.98 Å². The van der Waals surface area contributed by atoms with E-state index in [1.807, 2.05) is 19.3 Å². The van der Waals surface area contributed by atoms with Gasteiger partial charge in [0.05, 0.1) is 0 Å². The monoisotopic (exact) mass is 216 g/mol. The summed E-state index contributed by atoms with van der Waals surface area (Å²) in [5.74, 6) is 0.972. The van der Waals surface area contributed by atoms with Crippen molar-refractivity contribution in [2.75, 3.05) is 12.4 Å². The Morgan fingerprint density at radius 1 is 1.57 bits per heavy atom. The maximum absolute atomic E-state index is 8.78. The highest BCUT2D eigenvalue weighted by atomic mass is 32.2. The lowest BCUT2D eigenvalue weighted by molar-refractivity contribution is 0.539. The molecule has 0 spiro atoms. The lowest BCUT2D eigenvalue weighted by Crippen LogP contribution is -1.97. The largest absolute Gasteiger partial charge is 0.760 e. The number of nitrogens with one attached hydrogen (secondary N) is 1. The number of rotatable bonds is 1. The van der Waals surface area contributed by atoms with Gasteiger partial charge in [0.25, 0.3) is 0 Å². The van der Waals surface area contributed by atoms with Gasteiger partial charge in [0, 0.05) is 24.5 Å². The van der Waals surface area contributed by atoms with E-state index in [1.165, 1.54) is 11.1 Å². The molecule has 1 heterocycles. The van der Waals surface area contributed by atoms with Gasteiger partial charge in [-0.05, 0) is 31.0 Å². The summed E-state index contributed by atoms with van der Waals surface area (Å²) in [6, 6.07) is 2.01. The molecule has 0 saturated carbocycles. The summed E-state index contributed by atoms with van der Waals surface area (Å²) in [7, 11) is 1.88.